The molecule has 1 rings (SSSR count). The normalized spacial score (nSPS) is 32.2. The first-order chi connectivity index (χ1) is 5.72. The molecule has 0 aromatic carbocycles. The van der Waals surface area contributed by atoms with Crippen LogP contribution in [-0.4, -0.2) is 5.38 Å². The zero-order chi connectivity index (χ0) is 8.97. The molecule has 0 aromatic rings. The van der Waals surface area contributed by atoms with Crippen LogP contribution < -0.4 is 0 Å². The van der Waals surface area contributed by atoms with Crippen LogP contribution in [0, 0.1) is 11.8 Å². The van der Waals surface area contributed by atoms with Crippen molar-refractivity contribution in [2.75, 3.05) is 0 Å². The van der Waals surface area contributed by atoms with E-state index in [1.165, 1.54) is 38.5 Å². The second-order valence-corrected chi connectivity index (χ2v) is 5.02. The molecule has 1 heteroatoms. The molecule has 0 N–H and O–H groups in total. The van der Waals surface area contributed by atoms with Crippen molar-refractivity contribution in [2.24, 2.45) is 11.8 Å². The molecule has 3 atom stereocenters. The summed E-state index contributed by atoms with van der Waals surface area (Å²) in [6, 6.07) is 0. The summed E-state index contributed by atoms with van der Waals surface area (Å²) in [6.07, 6.45) is 8.04. The van der Waals surface area contributed by atoms with Crippen molar-refractivity contribution in [3.05, 3.63) is 0 Å². The van der Waals surface area contributed by atoms with Gasteiger partial charge in [-0.1, -0.05) is 26.7 Å². The molecule has 72 valence electrons. The van der Waals surface area contributed by atoms with Crippen molar-refractivity contribution in [3.8, 4) is 0 Å². The monoisotopic (exact) mass is 188 g/mol. The molecule has 12 heavy (non-hydrogen) atoms. The number of hydrogen-bond donors (Lipinski definition) is 0. The Morgan fingerprint density at radius 1 is 1.42 bits per heavy atom. The Bertz CT molecular complexity index is 122. The fraction of sp³-hybridized carbons (Fsp3) is 1.00. The van der Waals surface area contributed by atoms with Crippen LogP contribution in [0.3, 0.4) is 0 Å². The van der Waals surface area contributed by atoms with E-state index in [2.05, 4.69) is 13.8 Å². The average molecular weight is 189 g/mol. The quantitative estimate of drug-likeness (QED) is 0.580. The van der Waals surface area contributed by atoms with Gasteiger partial charge in [0.15, 0.2) is 0 Å². The van der Waals surface area contributed by atoms with Crippen LogP contribution in [-0.2, 0) is 0 Å². The highest BCUT2D eigenvalue weighted by Crippen LogP contribution is 2.34. The van der Waals surface area contributed by atoms with Gasteiger partial charge in [-0.2, -0.15) is 0 Å². The standard InChI is InChI=1S/C11H21Cl/c1-3-4-9(2)7-10-5-6-11(12)8-10/h9-11H,3-8H2,1-2H3. The number of rotatable bonds is 4. The molecule has 1 aliphatic carbocycles. The van der Waals surface area contributed by atoms with Gasteiger partial charge >= 0.3 is 0 Å². The highest BCUT2D eigenvalue weighted by molar-refractivity contribution is 6.20. The van der Waals surface area contributed by atoms with Crippen LogP contribution in [0.5, 0.6) is 0 Å². The Morgan fingerprint density at radius 2 is 2.17 bits per heavy atom. The van der Waals surface area contributed by atoms with Gasteiger partial charge in [-0.15, -0.1) is 11.6 Å². The molecule has 0 amide bonds. The lowest BCUT2D eigenvalue weighted by molar-refractivity contribution is 0.377. The molecule has 0 saturated heterocycles. The molecule has 1 aliphatic rings. The highest BCUT2D eigenvalue weighted by Gasteiger charge is 2.23. The third-order valence-corrected chi connectivity index (χ3v) is 3.39. The van der Waals surface area contributed by atoms with E-state index in [9.17, 15) is 0 Å². The Kier molecular flexibility index (Phi) is 4.42. The summed E-state index contributed by atoms with van der Waals surface area (Å²) in [7, 11) is 0. The Balaban J connectivity index is 2.14. The van der Waals surface area contributed by atoms with Gasteiger partial charge < -0.3 is 0 Å². The van der Waals surface area contributed by atoms with Crippen molar-refractivity contribution in [1.82, 2.24) is 0 Å². The number of halogens is 1. The van der Waals surface area contributed by atoms with E-state index in [-0.39, 0.29) is 0 Å². The van der Waals surface area contributed by atoms with Crippen molar-refractivity contribution >= 4 is 11.6 Å². The van der Waals surface area contributed by atoms with Gasteiger partial charge in [0.25, 0.3) is 0 Å². The number of alkyl halides is 1. The molecule has 0 bridgehead atoms. The third kappa shape index (κ3) is 3.35. The molecule has 3 unspecified atom stereocenters. The van der Waals surface area contributed by atoms with Crippen LogP contribution in [0.2, 0.25) is 0 Å². The smallest absolute Gasteiger partial charge is 0.0338 e. The van der Waals surface area contributed by atoms with Gasteiger partial charge in [0.1, 0.15) is 0 Å². The summed E-state index contributed by atoms with van der Waals surface area (Å²) in [6.45, 7) is 4.65. The fourth-order valence-corrected chi connectivity index (χ4v) is 2.79. The molecule has 0 radical (unpaired) electrons. The summed E-state index contributed by atoms with van der Waals surface area (Å²) in [5.74, 6) is 1.86. The first-order valence-electron chi connectivity index (χ1n) is 5.36. The molecule has 0 heterocycles. The molecule has 0 aromatic heterocycles. The summed E-state index contributed by atoms with van der Waals surface area (Å²) in [5.41, 5.74) is 0. The van der Waals surface area contributed by atoms with Gasteiger partial charge in [-0.3, -0.25) is 0 Å². The summed E-state index contributed by atoms with van der Waals surface area (Å²) in [4.78, 5) is 0. The van der Waals surface area contributed by atoms with Gasteiger partial charge in [-0.05, 0) is 37.5 Å². The van der Waals surface area contributed by atoms with E-state index >= 15 is 0 Å². The molecule has 1 saturated carbocycles. The predicted octanol–water partition coefficient (Wildman–Crippen LogP) is 4.22. The zero-order valence-corrected chi connectivity index (χ0v) is 9.11. The van der Waals surface area contributed by atoms with Crippen LogP contribution in [0.1, 0.15) is 52.4 Å². The van der Waals surface area contributed by atoms with Crippen molar-refractivity contribution in [2.45, 2.75) is 57.7 Å². The minimum Gasteiger partial charge on any atom is -0.123 e. The second-order valence-electron chi connectivity index (χ2n) is 4.41. The lowest BCUT2D eigenvalue weighted by Crippen LogP contribution is -2.03. The maximum absolute atomic E-state index is 6.07. The Hall–Kier alpha value is 0.290. The summed E-state index contributed by atoms with van der Waals surface area (Å²) >= 11 is 6.07. The van der Waals surface area contributed by atoms with Gasteiger partial charge in [0, 0.05) is 5.38 Å². The highest BCUT2D eigenvalue weighted by atomic mass is 35.5. The van der Waals surface area contributed by atoms with Crippen LogP contribution in [0.15, 0.2) is 0 Å². The first-order valence-corrected chi connectivity index (χ1v) is 5.80. The van der Waals surface area contributed by atoms with E-state index in [0.29, 0.717) is 5.38 Å². The zero-order valence-electron chi connectivity index (χ0n) is 8.35. The van der Waals surface area contributed by atoms with E-state index in [4.69, 9.17) is 11.6 Å². The van der Waals surface area contributed by atoms with Crippen molar-refractivity contribution in [3.63, 3.8) is 0 Å². The molecular weight excluding hydrogens is 168 g/mol. The lowest BCUT2D eigenvalue weighted by Gasteiger charge is -2.15. The van der Waals surface area contributed by atoms with Gasteiger partial charge in [0.2, 0.25) is 0 Å². The van der Waals surface area contributed by atoms with Gasteiger partial charge in [-0.25, -0.2) is 0 Å². The van der Waals surface area contributed by atoms with Crippen molar-refractivity contribution < 1.29 is 0 Å². The number of hydrogen-bond acceptors (Lipinski definition) is 0. The Morgan fingerprint density at radius 3 is 2.67 bits per heavy atom. The predicted molar refractivity (Wildman–Crippen MR) is 55.7 cm³/mol. The maximum atomic E-state index is 6.07. The minimum absolute atomic E-state index is 0.490. The van der Waals surface area contributed by atoms with Gasteiger partial charge in [0.05, 0.1) is 0 Å². The molecule has 1 fully saturated rings. The van der Waals surface area contributed by atoms with Crippen LogP contribution in [0.25, 0.3) is 0 Å². The topological polar surface area (TPSA) is 0 Å². The van der Waals surface area contributed by atoms with Crippen LogP contribution in [0.4, 0.5) is 0 Å². The first kappa shape index (κ1) is 10.4. The van der Waals surface area contributed by atoms with E-state index in [0.717, 1.165) is 11.8 Å². The SMILES string of the molecule is CCCC(C)CC1CCC(Cl)C1. The lowest BCUT2D eigenvalue weighted by atomic mass is 9.92. The van der Waals surface area contributed by atoms with E-state index in [1.54, 1.807) is 0 Å². The van der Waals surface area contributed by atoms with E-state index in [1.807, 2.05) is 0 Å². The summed E-state index contributed by atoms with van der Waals surface area (Å²) < 4.78 is 0. The second kappa shape index (κ2) is 5.11. The minimum atomic E-state index is 0.490. The molecule has 0 nitrogen and oxygen atoms in total. The summed E-state index contributed by atoms with van der Waals surface area (Å²) in [5, 5.41) is 0.490. The van der Waals surface area contributed by atoms with Crippen LogP contribution >= 0.6 is 11.6 Å². The fourth-order valence-electron chi connectivity index (χ4n) is 2.41. The molecule has 0 spiro atoms. The molecule has 0 aliphatic heterocycles. The van der Waals surface area contributed by atoms with Crippen molar-refractivity contribution in [1.29, 1.82) is 0 Å². The molecular formula is C11H21Cl. The maximum Gasteiger partial charge on any atom is 0.0338 e. The largest absolute Gasteiger partial charge is 0.123 e. The third-order valence-electron chi connectivity index (χ3n) is 2.99. The average Bonchev–Trinajstić information content (AvgIpc) is 2.36. The Labute approximate surface area is 81.7 Å². The van der Waals surface area contributed by atoms with E-state index < -0.39 is 0 Å².